The van der Waals surface area contributed by atoms with Gasteiger partial charge in [0, 0.05) is 17.6 Å². The number of aliphatic imine (C=N–C) groups is 1. The summed E-state index contributed by atoms with van der Waals surface area (Å²) < 4.78 is 0. The van der Waals surface area contributed by atoms with E-state index in [1.54, 1.807) is 0 Å². The number of rotatable bonds is 3. The number of nitrogens with zero attached hydrogens (tertiary/aromatic N) is 2. The number of pyridine rings is 1. The van der Waals surface area contributed by atoms with Crippen LogP contribution in [0, 0.1) is 0 Å². The van der Waals surface area contributed by atoms with Crippen LogP contribution in [0.25, 0.3) is 10.9 Å². The Morgan fingerprint density at radius 3 is 2.82 bits per heavy atom. The number of hydrogen-bond donors (Lipinski definition) is 2. The number of hydrogen-bond acceptors (Lipinski definition) is 2. The van der Waals surface area contributed by atoms with Crippen LogP contribution < -0.4 is 11.1 Å². The fraction of sp³-hybridized carbons (Fsp3) is 0.444. The molecular weight excluding hydrogens is 272 g/mol. The van der Waals surface area contributed by atoms with Gasteiger partial charge >= 0.3 is 0 Å². The van der Waals surface area contributed by atoms with E-state index in [2.05, 4.69) is 33.5 Å². The highest BCUT2D eigenvalue weighted by Crippen LogP contribution is 2.17. The van der Waals surface area contributed by atoms with Gasteiger partial charge in [-0.3, -0.25) is 4.98 Å². The number of fused-ring (bicyclic) bond motifs is 1. The van der Waals surface area contributed by atoms with Gasteiger partial charge in [0.05, 0.1) is 12.1 Å². The molecule has 3 rings (SSSR count). The molecule has 4 heteroatoms. The molecule has 1 aromatic heterocycles. The Kier molecular flexibility index (Phi) is 4.88. The molecule has 0 aliphatic heterocycles. The standard InChI is InChI=1S/C18H24N4/c19-18(22-16-7-3-1-2-4-8-16)21-13-14-9-10-17-15(12-14)6-5-11-20-17/h5-6,9-12,16H,1-4,7-8,13H2,(H3,19,21,22). The second-order valence-electron chi connectivity index (χ2n) is 6.06. The third kappa shape index (κ3) is 3.97. The average molecular weight is 296 g/mol. The molecule has 0 saturated heterocycles. The number of nitrogens with two attached hydrogens (primary N) is 1. The van der Waals surface area contributed by atoms with Crippen LogP contribution in [0.2, 0.25) is 0 Å². The summed E-state index contributed by atoms with van der Waals surface area (Å²) in [5.41, 5.74) is 8.21. The zero-order valence-electron chi connectivity index (χ0n) is 13.0. The van der Waals surface area contributed by atoms with Crippen molar-refractivity contribution < 1.29 is 0 Å². The van der Waals surface area contributed by atoms with Gasteiger partial charge in [0.25, 0.3) is 0 Å². The van der Waals surface area contributed by atoms with E-state index in [0.717, 1.165) is 16.5 Å². The summed E-state index contributed by atoms with van der Waals surface area (Å²) in [6.45, 7) is 0.608. The Labute approximate surface area is 131 Å². The molecule has 22 heavy (non-hydrogen) atoms. The summed E-state index contributed by atoms with van der Waals surface area (Å²) >= 11 is 0. The highest BCUT2D eigenvalue weighted by molar-refractivity contribution is 5.80. The summed E-state index contributed by atoms with van der Waals surface area (Å²) in [4.78, 5) is 8.82. The van der Waals surface area contributed by atoms with Gasteiger partial charge in [0.1, 0.15) is 0 Å². The molecule has 0 atom stereocenters. The van der Waals surface area contributed by atoms with E-state index in [1.807, 2.05) is 18.3 Å². The lowest BCUT2D eigenvalue weighted by molar-refractivity contribution is 0.530. The van der Waals surface area contributed by atoms with Gasteiger partial charge in [-0.05, 0) is 36.6 Å². The van der Waals surface area contributed by atoms with Crippen molar-refractivity contribution in [1.82, 2.24) is 10.3 Å². The molecule has 0 bridgehead atoms. The van der Waals surface area contributed by atoms with Crippen molar-refractivity contribution in [2.24, 2.45) is 10.7 Å². The highest BCUT2D eigenvalue weighted by atomic mass is 15.1. The molecular formula is C18H24N4. The second-order valence-corrected chi connectivity index (χ2v) is 6.06. The second kappa shape index (κ2) is 7.25. The first-order valence-corrected chi connectivity index (χ1v) is 8.21. The van der Waals surface area contributed by atoms with Crippen LogP contribution >= 0.6 is 0 Å². The molecule has 0 unspecified atom stereocenters. The predicted molar refractivity (Wildman–Crippen MR) is 91.7 cm³/mol. The van der Waals surface area contributed by atoms with Gasteiger partial charge in [0.2, 0.25) is 0 Å². The minimum absolute atomic E-state index is 0.493. The van der Waals surface area contributed by atoms with Crippen LogP contribution in [0.4, 0.5) is 0 Å². The maximum atomic E-state index is 6.04. The molecule has 1 aromatic carbocycles. The first kappa shape index (κ1) is 14.8. The topological polar surface area (TPSA) is 63.3 Å². The van der Waals surface area contributed by atoms with Crippen LogP contribution in [0.15, 0.2) is 41.5 Å². The summed E-state index contributed by atoms with van der Waals surface area (Å²) in [7, 11) is 0. The maximum absolute atomic E-state index is 6.04. The lowest BCUT2D eigenvalue weighted by Gasteiger charge is -2.16. The normalized spacial score (nSPS) is 17.4. The zero-order chi connectivity index (χ0) is 15.2. The largest absolute Gasteiger partial charge is 0.370 e. The minimum Gasteiger partial charge on any atom is -0.370 e. The fourth-order valence-electron chi connectivity index (χ4n) is 3.08. The smallest absolute Gasteiger partial charge is 0.189 e. The fourth-order valence-corrected chi connectivity index (χ4v) is 3.08. The van der Waals surface area contributed by atoms with Crippen molar-refractivity contribution in [2.75, 3.05) is 0 Å². The maximum Gasteiger partial charge on any atom is 0.189 e. The number of nitrogens with one attached hydrogen (secondary N) is 1. The third-order valence-corrected chi connectivity index (χ3v) is 4.31. The van der Waals surface area contributed by atoms with Gasteiger partial charge in [-0.25, -0.2) is 4.99 Å². The monoisotopic (exact) mass is 296 g/mol. The van der Waals surface area contributed by atoms with Crippen molar-refractivity contribution in [1.29, 1.82) is 0 Å². The first-order valence-electron chi connectivity index (χ1n) is 8.21. The van der Waals surface area contributed by atoms with Gasteiger partial charge in [-0.1, -0.05) is 37.8 Å². The van der Waals surface area contributed by atoms with Crippen molar-refractivity contribution in [3.8, 4) is 0 Å². The summed E-state index contributed by atoms with van der Waals surface area (Å²) in [5.74, 6) is 0.568. The molecule has 0 radical (unpaired) electrons. The summed E-state index contributed by atoms with van der Waals surface area (Å²) in [6, 6.07) is 10.8. The summed E-state index contributed by atoms with van der Waals surface area (Å²) in [6.07, 6.45) is 9.51. The third-order valence-electron chi connectivity index (χ3n) is 4.31. The van der Waals surface area contributed by atoms with Crippen molar-refractivity contribution in [3.05, 3.63) is 42.1 Å². The van der Waals surface area contributed by atoms with Crippen molar-refractivity contribution in [3.63, 3.8) is 0 Å². The number of guanidine groups is 1. The van der Waals surface area contributed by atoms with E-state index < -0.39 is 0 Å². The van der Waals surface area contributed by atoms with Gasteiger partial charge in [-0.2, -0.15) is 0 Å². The SMILES string of the molecule is NC(=NCc1ccc2ncccc2c1)NC1CCCCCC1. The Balaban J connectivity index is 1.61. The number of benzene rings is 1. The van der Waals surface area contributed by atoms with E-state index in [-0.39, 0.29) is 0 Å². The van der Waals surface area contributed by atoms with E-state index in [4.69, 9.17) is 5.73 Å². The van der Waals surface area contributed by atoms with E-state index in [1.165, 1.54) is 38.5 Å². The Hall–Kier alpha value is -2.10. The van der Waals surface area contributed by atoms with Crippen LogP contribution in [0.1, 0.15) is 44.1 Å². The molecule has 1 fully saturated rings. The molecule has 1 heterocycles. The van der Waals surface area contributed by atoms with Crippen LogP contribution in [-0.4, -0.2) is 17.0 Å². The molecule has 2 aromatic rings. The van der Waals surface area contributed by atoms with Crippen molar-refractivity contribution in [2.45, 2.75) is 51.1 Å². The average Bonchev–Trinajstić information content (AvgIpc) is 2.81. The van der Waals surface area contributed by atoms with Crippen molar-refractivity contribution >= 4 is 16.9 Å². The van der Waals surface area contributed by atoms with Gasteiger partial charge in [0.15, 0.2) is 5.96 Å². The van der Waals surface area contributed by atoms with E-state index >= 15 is 0 Å². The van der Waals surface area contributed by atoms with Crippen LogP contribution in [-0.2, 0) is 6.54 Å². The van der Waals surface area contributed by atoms with E-state index in [0.29, 0.717) is 18.5 Å². The first-order chi connectivity index (χ1) is 10.8. The Morgan fingerprint density at radius 1 is 1.18 bits per heavy atom. The lowest BCUT2D eigenvalue weighted by Crippen LogP contribution is -2.39. The molecule has 116 valence electrons. The Morgan fingerprint density at radius 2 is 2.00 bits per heavy atom. The van der Waals surface area contributed by atoms with E-state index in [9.17, 15) is 0 Å². The minimum atomic E-state index is 0.493. The zero-order valence-corrected chi connectivity index (χ0v) is 13.0. The van der Waals surface area contributed by atoms with Gasteiger partial charge < -0.3 is 11.1 Å². The Bertz CT molecular complexity index is 642. The van der Waals surface area contributed by atoms with Gasteiger partial charge in [-0.15, -0.1) is 0 Å². The molecule has 3 N–H and O–H groups in total. The molecule has 1 saturated carbocycles. The van der Waals surface area contributed by atoms with Crippen LogP contribution in [0.5, 0.6) is 0 Å². The molecule has 0 amide bonds. The molecule has 1 aliphatic carbocycles. The number of aromatic nitrogens is 1. The molecule has 4 nitrogen and oxygen atoms in total. The quantitative estimate of drug-likeness (QED) is 0.518. The lowest BCUT2D eigenvalue weighted by atomic mass is 10.1. The molecule has 1 aliphatic rings. The predicted octanol–water partition coefficient (Wildman–Crippen LogP) is 3.36. The van der Waals surface area contributed by atoms with Crippen LogP contribution in [0.3, 0.4) is 0 Å². The molecule has 0 spiro atoms. The highest BCUT2D eigenvalue weighted by Gasteiger charge is 2.12. The summed E-state index contributed by atoms with van der Waals surface area (Å²) in [5, 5.41) is 4.53.